The molecule has 2 aromatic heterocycles. The maximum absolute atomic E-state index is 14.4. The van der Waals surface area contributed by atoms with E-state index in [4.69, 9.17) is 4.74 Å². The van der Waals surface area contributed by atoms with Gasteiger partial charge in [-0.1, -0.05) is 6.92 Å². The van der Waals surface area contributed by atoms with Crippen molar-refractivity contribution in [1.29, 1.82) is 0 Å². The van der Waals surface area contributed by atoms with E-state index in [1.807, 2.05) is 13.8 Å². The van der Waals surface area contributed by atoms with Crippen molar-refractivity contribution in [3.05, 3.63) is 50.6 Å². The normalized spacial score (nSPS) is 18.8. The van der Waals surface area contributed by atoms with E-state index in [9.17, 15) is 24.2 Å². The number of nitrogens with one attached hydrogen (secondary N) is 1. The summed E-state index contributed by atoms with van der Waals surface area (Å²) < 4.78 is 21.0. The molecule has 4 heterocycles. The fourth-order valence-corrected chi connectivity index (χ4v) is 4.78. The molecule has 0 amide bonds. The number of benzene rings is 1. The van der Waals surface area contributed by atoms with Crippen molar-refractivity contribution in [2.75, 3.05) is 11.9 Å². The second kappa shape index (κ2) is 6.77. The van der Waals surface area contributed by atoms with Crippen molar-refractivity contribution in [2.45, 2.75) is 45.9 Å². The lowest BCUT2D eigenvalue weighted by atomic mass is 9.86. The number of nitrogens with zero attached hydrogens (tertiary/aromatic N) is 2. The number of carbonyl (C=O) groups excluding carboxylic acids is 1. The van der Waals surface area contributed by atoms with Gasteiger partial charge in [0.1, 0.15) is 6.61 Å². The number of aromatic nitrogens is 2. The minimum atomic E-state index is -1.91. The number of esters is 1. The Kier molecular flexibility index (Phi) is 4.32. The molecule has 1 aromatic carbocycles. The Labute approximate surface area is 182 Å². The third kappa shape index (κ3) is 2.48. The van der Waals surface area contributed by atoms with Gasteiger partial charge in [-0.15, -0.1) is 0 Å². The van der Waals surface area contributed by atoms with Gasteiger partial charge in [0.2, 0.25) is 0 Å². The molecule has 0 bridgehead atoms. The average Bonchev–Trinajstić information content (AvgIpc) is 3.14. The molecular weight excluding hydrogens is 417 g/mol. The summed E-state index contributed by atoms with van der Waals surface area (Å²) in [5, 5.41) is 24.8. The Morgan fingerprint density at radius 2 is 2.03 bits per heavy atom. The second-order valence-corrected chi connectivity index (χ2v) is 8.17. The standard InChI is InChI=1S/C23H22FN3O5/c1-4-23(31)13-6-16-18-11(8-27(16)21(29)12(13)9-32-22(23)30)10(3)17-15(26-18)7-14(24)20(28)19(17)25-5-2/h6-7,25,28,31H,4-5,8-9H2,1-3H3/t23-/m0/s1. The number of phenolic OH excluding ortho intramolecular Hbond substituents is 1. The summed E-state index contributed by atoms with van der Waals surface area (Å²) in [4.78, 5) is 30.2. The Hall–Kier alpha value is -3.46. The average molecular weight is 439 g/mol. The predicted octanol–water partition coefficient (Wildman–Crippen LogP) is 2.66. The van der Waals surface area contributed by atoms with Gasteiger partial charge < -0.3 is 24.8 Å². The van der Waals surface area contributed by atoms with Crippen LogP contribution in [0, 0.1) is 12.7 Å². The topological polar surface area (TPSA) is 114 Å². The van der Waals surface area contributed by atoms with Crippen LogP contribution in [0.15, 0.2) is 16.9 Å². The molecule has 9 heteroatoms. The highest BCUT2D eigenvalue weighted by atomic mass is 19.1. The van der Waals surface area contributed by atoms with Gasteiger partial charge in [-0.25, -0.2) is 14.2 Å². The Morgan fingerprint density at radius 1 is 1.28 bits per heavy atom. The third-order valence-electron chi connectivity index (χ3n) is 6.53. The van der Waals surface area contributed by atoms with Crippen LogP contribution >= 0.6 is 0 Å². The molecular formula is C23H22FN3O5. The van der Waals surface area contributed by atoms with Gasteiger partial charge in [-0.3, -0.25) is 4.79 Å². The summed E-state index contributed by atoms with van der Waals surface area (Å²) in [6, 6.07) is 2.78. The molecule has 32 heavy (non-hydrogen) atoms. The molecule has 0 radical (unpaired) electrons. The number of cyclic esters (lactones) is 1. The van der Waals surface area contributed by atoms with Gasteiger partial charge >= 0.3 is 5.97 Å². The first kappa shape index (κ1) is 20.4. The number of phenols is 1. The van der Waals surface area contributed by atoms with Crippen LogP contribution in [0.2, 0.25) is 0 Å². The van der Waals surface area contributed by atoms with E-state index in [-0.39, 0.29) is 41.9 Å². The van der Waals surface area contributed by atoms with Gasteiger partial charge in [0.05, 0.1) is 34.7 Å². The number of rotatable bonds is 3. The molecule has 3 aromatic rings. The lowest BCUT2D eigenvalue weighted by Crippen LogP contribution is -2.44. The second-order valence-electron chi connectivity index (χ2n) is 8.17. The molecule has 2 aliphatic rings. The van der Waals surface area contributed by atoms with Crippen LogP contribution < -0.4 is 10.9 Å². The smallest absolute Gasteiger partial charge is 0.343 e. The highest BCUT2D eigenvalue weighted by Gasteiger charge is 2.45. The van der Waals surface area contributed by atoms with Crippen LogP contribution in [0.3, 0.4) is 0 Å². The van der Waals surface area contributed by atoms with Gasteiger partial charge in [0, 0.05) is 29.1 Å². The monoisotopic (exact) mass is 439 g/mol. The summed E-state index contributed by atoms with van der Waals surface area (Å²) in [5.41, 5.74) is 1.24. The van der Waals surface area contributed by atoms with Crippen molar-refractivity contribution in [2.24, 2.45) is 0 Å². The number of aliphatic hydroxyl groups is 1. The fraction of sp³-hybridized carbons (Fsp3) is 0.348. The van der Waals surface area contributed by atoms with Crippen LogP contribution in [-0.4, -0.2) is 32.3 Å². The SMILES string of the molecule is CCNc1c(O)c(F)cc2nc3c(c(C)c12)Cn1c-3cc2c(c1=O)COC(=O)[C@]2(O)CC. The molecule has 1 atom stereocenters. The minimum absolute atomic E-state index is 0.0509. The lowest BCUT2D eigenvalue weighted by molar-refractivity contribution is -0.172. The molecule has 2 aliphatic heterocycles. The molecule has 0 fully saturated rings. The van der Waals surface area contributed by atoms with Crippen molar-refractivity contribution in [3.63, 3.8) is 0 Å². The number of pyridine rings is 2. The third-order valence-corrected chi connectivity index (χ3v) is 6.53. The van der Waals surface area contributed by atoms with Crippen LogP contribution in [0.5, 0.6) is 5.75 Å². The number of fused-ring (bicyclic) bond motifs is 5. The maximum atomic E-state index is 14.4. The van der Waals surface area contributed by atoms with E-state index in [1.165, 1.54) is 4.57 Å². The summed E-state index contributed by atoms with van der Waals surface area (Å²) in [6.07, 6.45) is 0.0509. The minimum Gasteiger partial charge on any atom is -0.503 e. The predicted molar refractivity (Wildman–Crippen MR) is 115 cm³/mol. The van der Waals surface area contributed by atoms with Gasteiger partial charge in [0.25, 0.3) is 5.56 Å². The van der Waals surface area contributed by atoms with Crippen molar-refractivity contribution >= 4 is 22.6 Å². The van der Waals surface area contributed by atoms with Crippen LogP contribution in [0.1, 0.15) is 42.5 Å². The van der Waals surface area contributed by atoms with E-state index in [2.05, 4.69) is 10.3 Å². The zero-order valence-electron chi connectivity index (χ0n) is 17.9. The van der Waals surface area contributed by atoms with Crippen molar-refractivity contribution < 1.29 is 24.1 Å². The fourth-order valence-electron chi connectivity index (χ4n) is 4.78. The van der Waals surface area contributed by atoms with Gasteiger partial charge in [0.15, 0.2) is 17.2 Å². The first-order valence-electron chi connectivity index (χ1n) is 10.5. The Morgan fingerprint density at radius 3 is 2.72 bits per heavy atom. The summed E-state index contributed by atoms with van der Waals surface area (Å²) in [6.45, 7) is 5.82. The van der Waals surface area contributed by atoms with E-state index >= 15 is 0 Å². The molecule has 0 spiro atoms. The molecule has 3 N–H and O–H groups in total. The number of hydrogen-bond donors (Lipinski definition) is 3. The Balaban J connectivity index is 1.83. The van der Waals surface area contributed by atoms with E-state index in [1.54, 1.807) is 13.0 Å². The number of anilines is 1. The first-order valence-corrected chi connectivity index (χ1v) is 10.5. The van der Waals surface area contributed by atoms with Crippen LogP contribution in [-0.2, 0) is 28.3 Å². The zero-order valence-corrected chi connectivity index (χ0v) is 17.9. The zero-order chi connectivity index (χ0) is 22.9. The summed E-state index contributed by atoms with van der Waals surface area (Å²) in [5.74, 6) is -2.06. The maximum Gasteiger partial charge on any atom is 0.343 e. The number of ether oxygens (including phenoxy) is 1. The van der Waals surface area contributed by atoms with Crippen LogP contribution in [0.25, 0.3) is 22.3 Å². The number of halogens is 1. The van der Waals surface area contributed by atoms with E-state index in [0.29, 0.717) is 28.8 Å². The highest BCUT2D eigenvalue weighted by molar-refractivity contribution is 6.00. The molecule has 0 aliphatic carbocycles. The molecule has 0 saturated carbocycles. The molecule has 5 rings (SSSR count). The Bertz CT molecular complexity index is 1400. The van der Waals surface area contributed by atoms with E-state index in [0.717, 1.165) is 17.2 Å². The first-order chi connectivity index (χ1) is 15.2. The molecule has 166 valence electrons. The van der Waals surface area contributed by atoms with Crippen molar-refractivity contribution in [1.82, 2.24) is 9.55 Å². The van der Waals surface area contributed by atoms with Gasteiger partial charge in [-0.2, -0.15) is 0 Å². The number of aryl methyl sites for hydroxylation is 1. The summed E-state index contributed by atoms with van der Waals surface area (Å²) >= 11 is 0. The summed E-state index contributed by atoms with van der Waals surface area (Å²) in [7, 11) is 0. The highest BCUT2D eigenvalue weighted by Crippen LogP contribution is 2.43. The number of hydrogen-bond acceptors (Lipinski definition) is 7. The number of aromatic hydroxyl groups is 1. The van der Waals surface area contributed by atoms with Crippen molar-refractivity contribution in [3.8, 4) is 17.1 Å². The lowest BCUT2D eigenvalue weighted by Gasteiger charge is -2.31. The van der Waals surface area contributed by atoms with Gasteiger partial charge in [-0.05, 0) is 31.9 Å². The quantitative estimate of drug-likeness (QED) is 0.332. The van der Waals surface area contributed by atoms with E-state index < -0.39 is 23.1 Å². The molecule has 0 unspecified atom stereocenters. The molecule has 0 saturated heterocycles. The largest absolute Gasteiger partial charge is 0.503 e. The van der Waals surface area contributed by atoms with Crippen LogP contribution in [0.4, 0.5) is 10.1 Å². The number of carbonyl (C=O) groups is 1. The molecule has 8 nitrogen and oxygen atoms in total.